The Labute approximate surface area is 94.5 Å². The van der Waals surface area contributed by atoms with Crippen LogP contribution in [-0.2, 0) is 10.0 Å². The van der Waals surface area contributed by atoms with E-state index < -0.39 is 16.1 Å². The van der Waals surface area contributed by atoms with Crippen LogP contribution in [0, 0.1) is 0 Å². The minimum atomic E-state index is -3.71. The number of aliphatic hydroxyl groups excluding tert-OH is 1. The summed E-state index contributed by atoms with van der Waals surface area (Å²) in [5.41, 5.74) is 0.571. The number of sulfonamides is 1. The van der Waals surface area contributed by atoms with E-state index in [2.05, 4.69) is 0 Å². The van der Waals surface area contributed by atoms with E-state index in [-0.39, 0.29) is 4.90 Å². The SMILES string of the molecule is NS(=O)(=O)c1ccccc1N1CC[C@@H](O)C1. The van der Waals surface area contributed by atoms with E-state index in [9.17, 15) is 13.5 Å². The van der Waals surface area contributed by atoms with Crippen LogP contribution in [0.3, 0.4) is 0 Å². The van der Waals surface area contributed by atoms with Gasteiger partial charge in [-0.25, -0.2) is 13.6 Å². The van der Waals surface area contributed by atoms with E-state index in [1.807, 2.05) is 4.90 Å². The summed E-state index contributed by atoms with van der Waals surface area (Å²) in [4.78, 5) is 1.95. The number of nitrogens with zero attached hydrogens (tertiary/aromatic N) is 1. The van der Waals surface area contributed by atoms with Crippen molar-refractivity contribution in [2.75, 3.05) is 18.0 Å². The molecule has 0 spiro atoms. The molecule has 3 N–H and O–H groups in total. The zero-order valence-corrected chi connectivity index (χ0v) is 9.52. The Morgan fingerprint density at radius 2 is 2.06 bits per heavy atom. The number of benzene rings is 1. The molecule has 0 bridgehead atoms. The highest BCUT2D eigenvalue weighted by Crippen LogP contribution is 2.27. The van der Waals surface area contributed by atoms with E-state index in [4.69, 9.17) is 5.14 Å². The second-order valence-electron chi connectivity index (χ2n) is 3.90. The predicted molar refractivity (Wildman–Crippen MR) is 60.7 cm³/mol. The largest absolute Gasteiger partial charge is 0.391 e. The molecule has 16 heavy (non-hydrogen) atoms. The van der Waals surface area contributed by atoms with Crippen molar-refractivity contribution in [2.24, 2.45) is 5.14 Å². The van der Waals surface area contributed by atoms with Gasteiger partial charge in [-0.2, -0.15) is 0 Å². The van der Waals surface area contributed by atoms with Crippen molar-refractivity contribution in [1.82, 2.24) is 0 Å². The molecule has 6 heteroatoms. The van der Waals surface area contributed by atoms with Crippen molar-refractivity contribution in [3.8, 4) is 0 Å². The lowest BCUT2D eigenvalue weighted by Gasteiger charge is -2.20. The van der Waals surface area contributed by atoms with Gasteiger partial charge in [-0.05, 0) is 18.6 Å². The quantitative estimate of drug-likeness (QED) is 0.759. The fourth-order valence-electron chi connectivity index (χ4n) is 1.92. The number of aliphatic hydroxyl groups is 1. The number of primary sulfonamides is 1. The summed E-state index contributed by atoms with van der Waals surface area (Å²) in [7, 11) is -3.71. The number of hydrogen-bond donors (Lipinski definition) is 2. The molecule has 0 aliphatic carbocycles. The first kappa shape index (κ1) is 11.4. The number of rotatable bonds is 2. The average molecular weight is 242 g/mol. The highest BCUT2D eigenvalue weighted by Gasteiger charge is 2.24. The fourth-order valence-corrected chi connectivity index (χ4v) is 2.68. The lowest BCUT2D eigenvalue weighted by Crippen LogP contribution is -2.24. The van der Waals surface area contributed by atoms with Crippen LogP contribution < -0.4 is 10.0 Å². The van der Waals surface area contributed by atoms with Gasteiger partial charge in [-0.3, -0.25) is 0 Å². The number of para-hydroxylation sites is 1. The summed E-state index contributed by atoms with van der Waals surface area (Å²) < 4.78 is 22.8. The molecule has 1 aliphatic rings. The first-order valence-corrected chi connectivity index (χ1v) is 6.58. The van der Waals surface area contributed by atoms with Gasteiger partial charge < -0.3 is 10.0 Å². The molecule has 1 atom stereocenters. The Balaban J connectivity index is 2.41. The molecule has 1 saturated heterocycles. The summed E-state index contributed by atoms with van der Waals surface area (Å²) in [5.74, 6) is 0. The second kappa shape index (κ2) is 4.04. The van der Waals surface area contributed by atoms with E-state index in [0.717, 1.165) is 0 Å². The van der Waals surface area contributed by atoms with Crippen molar-refractivity contribution in [3.05, 3.63) is 24.3 Å². The Morgan fingerprint density at radius 1 is 1.38 bits per heavy atom. The molecule has 0 aromatic heterocycles. The second-order valence-corrected chi connectivity index (χ2v) is 5.43. The van der Waals surface area contributed by atoms with Gasteiger partial charge >= 0.3 is 0 Å². The summed E-state index contributed by atoms with van der Waals surface area (Å²) in [5, 5.41) is 14.6. The van der Waals surface area contributed by atoms with Crippen LogP contribution >= 0.6 is 0 Å². The maximum Gasteiger partial charge on any atom is 0.240 e. The predicted octanol–water partition coefficient (Wildman–Crippen LogP) is -0.0950. The third-order valence-electron chi connectivity index (χ3n) is 2.68. The normalized spacial score (nSPS) is 21.4. The van der Waals surface area contributed by atoms with Gasteiger partial charge in [-0.15, -0.1) is 0 Å². The summed E-state index contributed by atoms with van der Waals surface area (Å²) in [6.07, 6.45) is 0.257. The van der Waals surface area contributed by atoms with Gasteiger partial charge in [0, 0.05) is 13.1 Å². The first-order valence-electron chi connectivity index (χ1n) is 5.03. The Morgan fingerprint density at radius 3 is 2.62 bits per heavy atom. The molecule has 1 aliphatic heterocycles. The van der Waals surface area contributed by atoms with Gasteiger partial charge in [0.05, 0.1) is 11.8 Å². The molecular formula is C10H14N2O3S. The van der Waals surface area contributed by atoms with Crippen LogP contribution in [0.4, 0.5) is 5.69 Å². The molecule has 2 rings (SSSR count). The molecular weight excluding hydrogens is 228 g/mol. The van der Waals surface area contributed by atoms with E-state index in [0.29, 0.717) is 25.2 Å². The molecule has 1 fully saturated rings. The van der Waals surface area contributed by atoms with Crippen LogP contribution in [0.15, 0.2) is 29.2 Å². The number of nitrogens with two attached hydrogens (primary N) is 1. The maximum absolute atomic E-state index is 11.4. The Kier molecular flexibility index (Phi) is 2.88. The van der Waals surface area contributed by atoms with Crippen LogP contribution in [0.2, 0.25) is 0 Å². The monoisotopic (exact) mass is 242 g/mol. The fraction of sp³-hybridized carbons (Fsp3) is 0.400. The molecule has 5 nitrogen and oxygen atoms in total. The Hall–Kier alpha value is -1.11. The molecule has 1 aromatic carbocycles. The molecule has 88 valence electrons. The van der Waals surface area contributed by atoms with Crippen LogP contribution in [-0.4, -0.2) is 32.7 Å². The van der Waals surface area contributed by atoms with Crippen molar-refractivity contribution < 1.29 is 13.5 Å². The highest BCUT2D eigenvalue weighted by atomic mass is 32.2. The molecule has 0 saturated carbocycles. The molecule has 0 unspecified atom stereocenters. The van der Waals surface area contributed by atoms with Gasteiger partial charge in [0.2, 0.25) is 10.0 Å². The lowest BCUT2D eigenvalue weighted by molar-refractivity contribution is 0.198. The number of β-amino-alcohol motifs (C(OH)–C–C–N with tert-alkyl or cyclic N) is 1. The van der Waals surface area contributed by atoms with Gasteiger partial charge in [0.15, 0.2) is 0 Å². The average Bonchev–Trinajstić information content (AvgIpc) is 2.64. The topological polar surface area (TPSA) is 83.6 Å². The minimum Gasteiger partial charge on any atom is -0.391 e. The van der Waals surface area contributed by atoms with Crippen LogP contribution in [0.1, 0.15) is 6.42 Å². The third kappa shape index (κ3) is 2.18. The molecule has 0 radical (unpaired) electrons. The van der Waals surface area contributed by atoms with Crippen molar-refractivity contribution >= 4 is 15.7 Å². The molecule has 1 aromatic rings. The summed E-state index contributed by atoms with van der Waals surface area (Å²) in [6.45, 7) is 1.10. The number of anilines is 1. The van der Waals surface area contributed by atoms with Gasteiger partial charge in [0.25, 0.3) is 0 Å². The van der Waals surface area contributed by atoms with E-state index in [1.165, 1.54) is 6.07 Å². The third-order valence-corrected chi connectivity index (χ3v) is 3.63. The molecule has 1 heterocycles. The van der Waals surface area contributed by atoms with E-state index >= 15 is 0 Å². The van der Waals surface area contributed by atoms with Gasteiger partial charge in [0.1, 0.15) is 4.90 Å². The number of hydrogen-bond acceptors (Lipinski definition) is 4. The minimum absolute atomic E-state index is 0.115. The standard InChI is InChI=1S/C10H14N2O3S/c11-16(14,15)10-4-2-1-3-9(10)12-6-5-8(13)7-12/h1-4,8,13H,5-7H2,(H2,11,14,15)/t8-/m1/s1. The lowest BCUT2D eigenvalue weighted by atomic mass is 10.3. The highest BCUT2D eigenvalue weighted by molar-refractivity contribution is 7.89. The van der Waals surface area contributed by atoms with Crippen LogP contribution in [0.5, 0.6) is 0 Å². The van der Waals surface area contributed by atoms with Crippen LogP contribution in [0.25, 0.3) is 0 Å². The zero-order valence-electron chi connectivity index (χ0n) is 8.70. The van der Waals surface area contributed by atoms with Gasteiger partial charge in [-0.1, -0.05) is 12.1 Å². The maximum atomic E-state index is 11.4. The van der Waals surface area contributed by atoms with Crippen molar-refractivity contribution in [3.63, 3.8) is 0 Å². The summed E-state index contributed by atoms with van der Waals surface area (Å²) >= 11 is 0. The molecule has 0 amide bonds. The van der Waals surface area contributed by atoms with E-state index in [1.54, 1.807) is 18.2 Å². The van der Waals surface area contributed by atoms with Crippen molar-refractivity contribution in [2.45, 2.75) is 17.4 Å². The summed E-state index contributed by atoms with van der Waals surface area (Å²) in [6, 6.07) is 6.58. The van der Waals surface area contributed by atoms with Crippen molar-refractivity contribution in [1.29, 1.82) is 0 Å². The zero-order chi connectivity index (χ0) is 11.8. The Bertz CT molecular complexity index is 487. The first-order chi connectivity index (χ1) is 7.48. The smallest absolute Gasteiger partial charge is 0.240 e.